The van der Waals surface area contributed by atoms with E-state index in [4.69, 9.17) is 8.22 Å². The fraction of sp³-hybridized carbons (Fsp3) is 0.500. The van der Waals surface area contributed by atoms with Gasteiger partial charge in [-0.05, 0) is 25.9 Å². The van der Waals surface area contributed by atoms with Crippen LogP contribution in [0.15, 0.2) is 40.3 Å². The number of hydrogen-bond donors (Lipinski definition) is 0. The number of hydrogen-bond acceptors (Lipinski definition) is 2. The van der Waals surface area contributed by atoms with Gasteiger partial charge >= 0.3 is 0 Å². The highest BCUT2D eigenvalue weighted by atomic mass is 15.1. The fourth-order valence-corrected chi connectivity index (χ4v) is 1.54. The molecule has 17 heavy (non-hydrogen) atoms. The van der Waals surface area contributed by atoms with Gasteiger partial charge in [0.1, 0.15) is 0 Å². The summed E-state index contributed by atoms with van der Waals surface area (Å²) in [6.45, 7) is -0.604. The van der Waals surface area contributed by atoms with Crippen molar-refractivity contribution in [2.24, 2.45) is 4.99 Å². The molecule has 0 bridgehead atoms. The highest BCUT2D eigenvalue weighted by Gasteiger charge is 2.12. The second kappa shape index (κ2) is 6.28. The maximum Gasteiger partial charge on any atom is 0.0618 e. The number of nitrogens with zero attached hydrogens (tertiary/aromatic N) is 3. The topological polar surface area (TPSA) is 29.7 Å². The first kappa shape index (κ1) is 7.04. The van der Waals surface area contributed by atoms with Crippen LogP contribution in [0.5, 0.6) is 0 Å². The quantitative estimate of drug-likeness (QED) is 0.690. The maximum atomic E-state index is 7.66. The summed E-state index contributed by atoms with van der Waals surface area (Å²) in [6, 6.07) is 0. The molecule has 0 unspecified atom stereocenters. The van der Waals surface area contributed by atoms with E-state index >= 15 is 0 Å². The zero-order chi connectivity index (χ0) is 17.8. The Balaban J connectivity index is 3.41. The van der Waals surface area contributed by atoms with Crippen LogP contribution in [0.25, 0.3) is 5.32 Å². The Labute approximate surface area is 113 Å². The normalized spacial score (nSPS) is 25.9. The lowest BCUT2D eigenvalue weighted by Gasteiger charge is -2.32. The van der Waals surface area contributed by atoms with Gasteiger partial charge in [0.05, 0.1) is 11.4 Å². The number of aliphatic imine (C=N–C) groups is 1. The van der Waals surface area contributed by atoms with Crippen molar-refractivity contribution in [2.45, 2.75) is 27.6 Å². The van der Waals surface area contributed by atoms with E-state index in [0.717, 1.165) is 0 Å². The molecule has 0 N–H and O–H groups in total. The van der Waals surface area contributed by atoms with Crippen molar-refractivity contribution >= 4 is 5.71 Å². The van der Waals surface area contributed by atoms with Gasteiger partial charge in [0, 0.05) is 27.5 Å². The molecule has 0 saturated carbocycles. The van der Waals surface area contributed by atoms with Gasteiger partial charge in [-0.25, -0.2) is 0 Å². The van der Waals surface area contributed by atoms with Gasteiger partial charge in [0.2, 0.25) is 0 Å². The minimum Gasteiger partial charge on any atom is -0.687 e. The molecule has 1 rings (SSSR count). The Hall–Kier alpha value is -1.51. The molecule has 1 aliphatic rings. The number of allylic oxidation sites excluding steroid dienone is 5. The molecule has 94 valence electrons. The zero-order valence-corrected chi connectivity index (χ0v) is 10.5. The predicted octanol–water partition coefficient (Wildman–Crippen LogP) is 3.48. The van der Waals surface area contributed by atoms with Crippen molar-refractivity contribution < 1.29 is 8.22 Å². The second-order valence-electron chi connectivity index (χ2n) is 3.50. The van der Waals surface area contributed by atoms with Crippen LogP contribution in [0.1, 0.15) is 35.8 Å². The van der Waals surface area contributed by atoms with Crippen molar-refractivity contribution in [3.63, 3.8) is 0 Å². The van der Waals surface area contributed by atoms with Crippen LogP contribution in [-0.4, -0.2) is 30.7 Å². The van der Waals surface area contributed by atoms with Gasteiger partial charge in [0.15, 0.2) is 0 Å². The third kappa shape index (κ3) is 3.22. The van der Waals surface area contributed by atoms with Gasteiger partial charge < -0.3 is 10.2 Å². The van der Waals surface area contributed by atoms with E-state index in [1.165, 1.54) is 4.90 Å². The first-order valence-corrected chi connectivity index (χ1v) is 5.63. The van der Waals surface area contributed by atoms with E-state index in [0.29, 0.717) is 24.5 Å². The van der Waals surface area contributed by atoms with E-state index < -0.39 is 13.7 Å². The smallest absolute Gasteiger partial charge is 0.0618 e. The number of rotatable bonds is 4. The predicted molar refractivity (Wildman–Crippen MR) is 75.2 cm³/mol. The monoisotopic (exact) mass is 238 g/mol. The van der Waals surface area contributed by atoms with E-state index in [9.17, 15) is 0 Å². The minimum absolute atomic E-state index is 0.0364. The average Bonchev–Trinajstić information content (AvgIpc) is 2.41. The van der Waals surface area contributed by atoms with Crippen molar-refractivity contribution in [1.82, 2.24) is 4.90 Å². The molecular formula is C14H22N3-. The van der Waals surface area contributed by atoms with Crippen LogP contribution >= 0.6 is 0 Å². The Morgan fingerprint density at radius 3 is 2.88 bits per heavy atom. The van der Waals surface area contributed by atoms with Gasteiger partial charge in [-0.1, -0.05) is 19.9 Å². The average molecular weight is 238 g/mol. The van der Waals surface area contributed by atoms with Gasteiger partial charge in [-0.3, -0.25) is 4.99 Å². The summed E-state index contributed by atoms with van der Waals surface area (Å²) in [7, 11) is 1.62. The molecule has 0 aromatic heterocycles. The highest BCUT2D eigenvalue weighted by molar-refractivity contribution is 5.98. The molecule has 3 nitrogen and oxygen atoms in total. The molecule has 0 radical (unpaired) electrons. The SMILES string of the molecule is [2H]C([2H])([2H])C(=NCC)C1=CC=C/C(=C(/[N-]CC)C([2H])([2H])[2H])N1C. The Morgan fingerprint density at radius 2 is 2.29 bits per heavy atom. The molecule has 0 aromatic rings. The van der Waals surface area contributed by atoms with Crippen molar-refractivity contribution in [3.05, 3.63) is 40.6 Å². The van der Waals surface area contributed by atoms with Crippen LogP contribution in [0.4, 0.5) is 0 Å². The van der Waals surface area contributed by atoms with Crippen molar-refractivity contribution in [3.8, 4) is 0 Å². The lowest BCUT2D eigenvalue weighted by atomic mass is 10.1. The molecule has 0 atom stereocenters. The second-order valence-corrected chi connectivity index (χ2v) is 3.50. The zero-order valence-electron chi connectivity index (χ0n) is 16.5. The summed E-state index contributed by atoms with van der Waals surface area (Å²) in [5.41, 5.74) is 0.645. The molecule has 0 spiro atoms. The van der Waals surface area contributed by atoms with E-state index in [-0.39, 0.29) is 11.4 Å². The lowest BCUT2D eigenvalue weighted by Crippen LogP contribution is -2.24. The summed E-state index contributed by atoms with van der Waals surface area (Å²) in [5.74, 6) is 0. The standard InChI is InChI=1S/C14H22N3/c1-6-15-11(3)13-9-8-10-14(17(13)5)12(4)16-7-2/h8-10H,6-7H2,1-5H3/q-1/b13-11-,16-12?/i3D3,4D3. The van der Waals surface area contributed by atoms with Crippen LogP contribution in [-0.2, 0) is 0 Å². The molecule has 0 saturated heterocycles. The van der Waals surface area contributed by atoms with Crippen LogP contribution < -0.4 is 0 Å². The molecule has 0 aliphatic carbocycles. The van der Waals surface area contributed by atoms with Gasteiger partial charge in [-0.15, -0.1) is 12.2 Å². The summed E-state index contributed by atoms with van der Waals surface area (Å²) in [5, 5.41) is 4.09. The third-order valence-electron chi connectivity index (χ3n) is 2.35. The molecule has 0 aromatic carbocycles. The summed E-state index contributed by atoms with van der Waals surface area (Å²) in [4.78, 5) is 5.62. The lowest BCUT2D eigenvalue weighted by molar-refractivity contribution is 0.551. The molecule has 0 amide bonds. The van der Waals surface area contributed by atoms with Crippen molar-refractivity contribution in [2.75, 3.05) is 20.1 Å². The number of likely N-dealkylation sites (N-methyl/N-ethyl adjacent to an activating group) is 1. The van der Waals surface area contributed by atoms with E-state index in [2.05, 4.69) is 10.3 Å². The third-order valence-corrected chi connectivity index (χ3v) is 2.35. The molecule has 1 aliphatic heterocycles. The van der Waals surface area contributed by atoms with Crippen LogP contribution in [0, 0.1) is 0 Å². The first-order valence-electron chi connectivity index (χ1n) is 8.63. The van der Waals surface area contributed by atoms with E-state index in [1.807, 2.05) is 0 Å². The Bertz CT molecular complexity index is 552. The van der Waals surface area contributed by atoms with Crippen LogP contribution in [0.2, 0.25) is 0 Å². The largest absolute Gasteiger partial charge is 0.687 e. The summed E-state index contributed by atoms with van der Waals surface area (Å²) < 4.78 is 45.9. The molecular weight excluding hydrogens is 210 g/mol. The van der Waals surface area contributed by atoms with Crippen LogP contribution in [0.3, 0.4) is 0 Å². The Kier molecular flexibility index (Phi) is 2.60. The van der Waals surface area contributed by atoms with Crippen molar-refractivity contribution in [1.29, 1.82) is 0 Å². The van der Waals surface area contributed by atoms with Gasteiger partial charge in [0.25, 0.3) is 0 Å². The first-order chi connectivity index (χ1) is 10.5. The minimum atomic E-state index is -2.38. The highest BCUT2D eigenvalue weighted by Crippen LogP contribution is 2.23. The maximum absolute atomic E-state index is 7.66. The van der Waals surface area contributed by atoms with Gasteiger partial charge in [-0.2, -0.15) is 0 Å². The Morgan fingerprint density at radius 1 is 1.47 bits per heavy atom. The molecule has 1 heterocycles. The molecule has 3 heteroatoms. The summed E-state index contributed by atoms with van der Waals surface area (Å²) in [6.07, 6.45) is 4.86. The molecule has 0 fully saturated rings. The fourth-order valence-electron chi connectivity index (χ4n) is 1.54. The summed E-state index contributed by atoms with van der Waals surface area (Å²) >= 11 is 0. The van der Waals surface area contributed by atoms with E-state index in [1.54, 1.807) is 39.1 Å².